The molecule has 0 bridgehead atoms. The largest absolute Gasteiger partial charge is 0.324 e. The second-order valence-corrected chi connectivity index (χ2v) is 2.23. The maximum Gasteiger partial charge on any atom is 0.142 e. The van der Waals surface area contributed by atoms with Crippen LogP contribution in [0.3, 0.4) is 0 Å². The number of para-hydroxylation sites is 1. The van der Waals surface area contributed by atoms with Crippen LogP contribution in [0.25, 0.3) is 6.08 Å². The molecular weight excluding hydrogens is 152 g/mol. The molecule has 0 saturated heterocycles. The van der Waals surface area contributed by atoms with Gasteiger partial charge in [0.2, 0.25) is 0 Å². The summed E-state index contributed by atoms with van der Waals surface area (Å²) in [6.07, 6.45) is 3.85. The number of hydrogen-bond donors (Lipinski definition) is 2. The summed E-state index contributed by atoms with van der Waals surface area (Å²) < 4.78 is 0. The minimum atomic E-state index is 0.729. The third kappa shape index (κ3) is 1.93. The Kier molecular flexibility index (Phi) is 3.04. The Morgan fingerprint density at radius 1 is 1.33 bits per heavy atom. The van der Waals surface area contributed by atoms with Gasteiger partial charge in [-0.15, -0.1) is 0 Å². The third-order valence-electron chi connectivity index (χ3n) is 1.47. The first-order valence-electron chi connectivity index (χ1n) is 3.56. The Balaban J connectivity index is 2.96. The molecule has 1 aromatic rings. The van der Waals surface area contributed by atoms with Gasteiger partial charge < -0.3 is 5.43 Å². The van der Waals surface area contributed by atoms with Crippen molar-refractivity contribution in [2.24, 2.45) is 5.84 Å². The monoisotopic (exact) mass is 162 g/mol. The van der Waals surface area contributed by atoms with E-state index in [4.69, 9.17) is 5.84 Å². The second-order valence-electron chi connectivity index (χ2n) is 2.23. The maximum absolute atomic E-state index is 10.0. The lowest BCUT2D eigenvalue weighted by Gasteiger charge is -2.02. The van der Waals surface area contributed by atoms with Crippen LogP contribution < -0.4 is 11.3 Å². The number of benzene rings is 1. The van der Waals surface area contributed by atoms with Crippen molar-refractivity contribution in [2.75, 3.05) is 5.43 Å². The third-order valence-corrected chi connectivity index (χ3v) is 1.47. The number of hydrogen-bond acceptors (Lipinski definition) is 3. The molecule has 12 heavy (non-hydrogen) atoms. The van der Waals surface area contributed by atoms with Gasteiger partial charge in [-0.1, -0.05) is 18.2 Å². The number of rotatable bonds is 3. The highest BCUT2D eigenvalue weighted by molar-refractivity contribution is 5.77. The van der Waals surface area contributed by atoms with E-state index in [1.807, 2.05) is 24.3 Å². The molecule has 0 aliphatic rings. The Hall–Kier alpha value is -1.61. The van der Waals surface area contributed by atoms with Crippen LogP contribution in [0.15, 0.2) is 30.3 Å². The highest BCUT2D eigenvalue weighted by Gasteiger charge is 1.93. The zero-order valence-corrected chi connectivity index (χ0v) is 6.53. The van der Waals surface area contributed by atoms with Crippen LogP contribution in [-0.4, -0.2) is 6.29 Å². The van der Waals surface area contributed by atoms with Crippen molar-refractivity contribution in [2.45, 2.75) is 0 Å². The molecule has 3 nitrogen and oxygen atoms in total. The molecule has 3 N–H and O–H groups in total. The summed E-state index contributed by atoms with van der Waals surface area (Å²) in [5, 5.41) is 0. The second kappa shape index (κ2) is 4.31. The summed E-state index contributed by atoms with van der Waals surface area (Å²) in [6, 6.07) is 7.46. The van der Waals surface area contributed by atoms with Crippen LogP contribution in [0.4, 0.5) is 5.69 Å². The van der Waals surface area contributed by atoms with Gasteiger partial charge in [0, 0.05) is 0 Å². The summed E-state index contributed by atoms with van der Waals surface area (Å²) in [6.45, 7) is 0. The number of anilines is 1. The predicted molar refractivity (Wildman–Crippen MR) is 49.4 cm³/mol. The number of nitrogens with one attached hydrogen (secondary N) is 1. The fraction of sp³-hybridized carbons (Fsp3) is 0. The molecule has 0 aliphatic carbocycles. The van der Waals surface area contributed by atoms with Gasteiger partial charge >= 0.3 is 0 Å². The molecule has 1 rings (SSSR count). The number of aldehydes is 1. The summed E-state index contributed by atoms with van der Waals surface area (Å²) in [7, 11) is 0. The van der Waals surface area contributed by atoms with Gasteiger partial charge in [-0.2, -0.15) is 0 Å². The van der Waals surface area contributed by atoms with E-state index < -0.39 is 0 Å². The van der Waals surface area contributed by atoms with E-state index in [1.54, 1.807) is 6.08 Å². The molecule has 0 amide bonds. The summed E-state index contributed by atoms with van der Waals surface area (Å²) >= 11 is 0. The van der Waals surface area contributed by atoms with Crippen molar-refractivity contribution in [3.05, 3.63) is 35.9 Å². The fourth-order valence-electron chi connectivity index (χ4n) is 0.917. The van der Waals surface area contributed by atoms with Crippen LogP contribution in [-0.2, 0) is 4.79 Å². The van der Waals surface area contributed by atoms with Gasteiger partial charge in [0.05, 0.1) is 5.69 Å². The highest BCUT2D eigenvalue weighted by Crippen LogP contribution is 2.14. The summed E-state index contributed by atoms with van der Waals surface area (Å²) in [4.78, 5) is 10.0. The average Bonchev–Trinajstić information content (AvgIpc) is 2.15. The van der Waals surface area contributed by atoms with E-state index in [1.165, 1.54) is 6.08 Å². The van der Waals surface area contributed by atoms with Crippen molar-refractivity contribution < 1.29 is 4.79 Å². The number of nitrogen functional groups attached to an aromatic ring is 1. The molecule has 0 atom stereocenters. The zero-order chi connectivity index (χ0) is 8.81. The van der Waals surface area contributed by atoms with E-state index in [0.29, 0.717) is 0 Å². The minimum Gasteiger partial charge on any atom is -0.324 e. The van der Waals surface area contributed by atoms with Gasteiger partial charge in [0.1, 0.15) is 6.29 Å². The first kappa shape index (κ1) is 8.49. The van der Waals surface area contributed by atoms with Crippen molar-refractivity contribution in [1.29, 1.82) is 0 Å². The van der Waals surface area contributed by atoms with Crippen molar-refractivity contribution in [1.82, 2.24) is 0 Å². The molecular formula is C9H10N2O. The molecule has 0 saturated carbocycles. The topological polar surface area (TPSA) is 55.1 Å². The first-order valence-corrected chi connectivity index (χ1v) is 3.56. The number of allylic oxidation sites excluding steroid dienone is 1. The number of carbonyl (C=O) groups excluding carboxylic acids is 1. The number of carbonyl (C=O) groups is 1. The van der Waals surface area contributed by atoms with Crippen molar-refractivity contribution >= 4 is 18.0 Å². The lowest BCUT2D eigenvalue weighted by molar-refractivity contribution is -0.104. The van der Waals surface area contributed by atoms with Gasteiger partial charge in [0.15, 0.2) is 0 Å². The highest BCUT2D eigenvalue weighted by atomic mass is 16.1. The molecule has 0 heterocycles. The molecule has 0 aliphatic heterocycles. The van der Waals surface area contributed by atoms with Gasteiger partial charge in [-0.05, 0) is 23.8 Å². The minimum absolute atomic E-state index is 0.729. The number of nitrogens with two attached hydrogens (primary N) is 1. The van der Waals surface area contributed by atoms with Gasteiger partial charge in [-0.25, -0.2) is 0 Å². The summed E-state index contributed by atoms with van der Waals surface area (Å²) in [5.74, 6) is 5.25. The van der Waals surface area contributed by atoms with Gasteiger partial charge in [0.25, 0.3) is 0 Å². The summed E-state index contributed by atoms with van der Waals surface area (Å²) in [5.41, 5.74) is 4.23. The first-order chi connectivity index (χ1) is 5.88. The van der Waals surface area contributed by atoms with E-state index in [0.717, 1.165) is 17.5 Å². The van der Waals surface area contributed by atoms with E-state index >= 15 is 0 Å². The molecule has 3 heteroatoms. The molecule has 0 aromatic heterocycles. The van der Waals surface area contributed by atoms with Gasteiger partial charge in [-0.3, -0.25) is 10.6 Å². The lowest BCUT2D eigenvalue weighted by Crippen LogP contribution is -2.07. The van der Waals surface area contributed by atoms with Crippen LogP contribution in [0.2, 0.25) is 0 Å². The molecule has 0 radical (unpaired) electrons. The SMILES string of the molecule is NNc1ccccc1/C=C/C=O. The van der Waals surface area contributed by atoms with E-state index in [9.17, 15) is 4.79 Å². The number of hydrazine groups is 1. The Morgan fingerprint density at radius 3 is 2.75 bits per heavy atom. The Bertz CT molecular complexity index is 294. The normalized spacial score (nSPS) is 10.1. The molecule has 0 spiro atoms. The maximum atomic E-state index is 10.0. The van der Waals surface area contributed by atoms with Crippen LogP contribution >= 0.6 is 0 Å². The van der Waals surface area contributed by atoms with E-state index in [2.05, 4.69) is 5.43 Å². The molecule has 0 fully saturated rings. The Morgan fingerprint density at radius 2 is 2.08 bits per heavy atom. The lowest BCUT2D eigenvalue weighted by atomic mass is 10.2. The molecule has 0 unspecified atom stereocenters. The van der Waals surface area contributed by atoms with Crippen LogP contribution in [0, 0.1) is 0 Å². The van der Waals surface area contributed by atoms with Crippen molar-refractivity contribution in [3.63, 3.8) is 0 Å². The van der Waals surface area contributed by atoms with Crippen LogP contribution in [0.1, 0.15) is 5.56 Å². The predicted octanol–water partition coefficient (Wildman–Crippen LogP) is 1.18. The quantitative estimate of drug-likeness (QED) is 0.304. The standard InChI is InChI=1S/C9H10N2O/c10-11-9-6-2-1-4-8(9)5-3-7-12/h1-7,11H,10H2/b5-3+. The molecule has 1 aromatic carbocycles. The smallest absolute Gasteiger partial charge is 0.142 e. The Labute approximate surface area is 70.9 Å². The van der Waals surface area contributed by atoms with E-state index in [-0.39, 0.29) is 0 Å². The van der Waals surface area contributed by atoms with Crippen LogP contribution in [0.5, 0.6) is 0 Å². The molecule has 62 valence electrons. The van der Waals surface area contributed by atoms with Crippen molar-refractivity contribution in [3.8, 4) is 0 Å². The average molecular weight is 162 g/mol. The fourth-order valence-corrected chi connectivity index (χ4v) is 0.917. The zero-order valence-electron chi connectivity index (χ0n) is 6.53.